The van der Waals surface area contributed by atoms with E-state index < -0.39 is 5.97 Å². The summed E-state index contributed by atoms with van der Waals surface area (Å²) in [7, 11) is 3.04. The lowest BCUT2D eigenvalue weighted by Crippen LogP contribution is -2.38. The number of fused-ring (bicyclic) bond motifs is 1. The fraction of sp³-hybridized carbons (Fsp3) is 0.389. The molecule has 1 aromatic carbocycles. The summed E-state index contributed by atoms with van der Waals surface area (Å²) in [6.45, 7) is 1.51. The lowest BCUT2D eigenvalue weighted by atomic mass is 10.1. The van der Waals surface area contributed by atoms with Crippen LogP contribution in [0.2, 0.25) is 0 Å². The van der Waals surface area contributed by atoms with Crippen LogP contribution < -0.4 is 9.47 Å². The van der Waals surface area contributed by atoms with Gasteiger partial charge in [0.15, 0.2) is 11.5 Å². The van der Waals surface area contributed by atoms with E-state index in [-0.39, 0.29) is 12.3 Å². The van der Waals surface area contributed by atoms with Crippen LogP contribution in [0.5, 0.6) is 11.5 Å². The quantitative estimate of drug-likeness (QED) is 0.841. The van der Waals surface area contributed by atoms with Crippen LogP contribution in [0, 0.1) is 0 Å². The van der Waals surface area contributed by atoms with Gasteiger partial charge in [0.2, 0.25) is 0 Å². The van der Waals surface area contributed by atoms with E-state index in [9.17, 15) is 9.59 Å². The van der Waals surface area contributed by atoms with Crippen molar-refractivity contribution in [3.8, 4) is 11.5 Å². The molecule has 2 heterocycles. The van der Waals surface area contributed by atoms with E-state index in [0.29, 0.717) is 43.1 Å². The molecule has 2 aromatic rings. The van der Waals surface area contributed by atoms with Gasteiger partial charge in [-0.05, 0) is 18.2 Å². The number of hydrogen-bond acceptors (Lipinski definition) is 5. The molecule has 3 rings (SSSR count). The van der Waals surface area contributed by atoms with E-state index >= 15 is 0 Å². The number of para-hydroxylation sites is 1. The Morgan fingerprint density at radius 3 is 2.73 bits per heavy atom. The molecule has 0 saturated heterocycles. The van der Waals surface area contributed by atoms with Gasteiger partial charge in [0, 0.05) is 13.0 Å². The smallest absolute Gasteiger partial charge is 0.303 e. The number of carboxylic acid groups (broad SMARTS) is 1. The molecular formula is C18H21N3O5. The number of ether oxygens (including phenoxy) is 2. The molecule has 1 N–H and O–H groups in total. The maximum absolute atomic E-state index is 13.0. The van der Waals surface area contributed by atoms with Crippen LogP contribution in [0.1, 0.15) is 28.2 Å². The zero-order valence-electron chi connectivity index (χ0n) is 14.8. The second-order valence-electron chi connectivity index (χ2n) is 6.01. The van der Waals surface area contributed by atoms with Crippen molar-refractivity contribution in [2.45, 2.75) is 25.9 Å². The van der Waals surface area contributed by atoms with Crippen molar-refractivity contribution < 1.29 is 24.2 Å². The zero-order chi connectivity index (χ0) is 18.7. The van der Waals surface area contributed by atoms with Crippen LogP contribution in [0.15, 0.2) is 24.3 Å². The van der Waals surface area contributed by atoms with Gasteiger partial charge in [-0.1, -0.05) is 6.07 Å². The number of hydrogen-bond donors (Lipinski definition) is 1. The van der Waals surface area contributed by atoms with Crippen molar-refractivity contribution in [2.24, 2.45) is 0 Å². The van der Waals surface area contributed by atoms with Crippen LogP contribution in [-0.2, 0) is 24.3 Å². The van der Waals surface area contributed by atoms with Crippen LogP contribution in [0.4, 0.5) is 0 Å². The largest absolute Gasteiger partial charge is 0.493 e. The number of methoxy groups -OCH3 is 2. The number of benzene rings is 1. The summed E-state index contributed by atoms with van der Waals surface area (Å²) < 4.78 is 12.5. The maximum atomic E-state index is 13.0. The van der Waals surface area contributed by atoms with Gasteiger partial charge in [-0.15, -0.1) is 0 Å². The van der Waals surface area contributed by atoms with Crippen LogP contribution >= 0.6 is 0 Å². The third-order valence-electron chi connectivity index (χ3n) is 4.36. The van der Waals surface area contributed by atoms with Gasteiger partial charge in [-0.2, -0.15) is 5.10 Å². The van der Waals surface area contributed by atoms with E-state index in [1.807, 2.05) is 10.7 Å². The Morgan fingerprint density at radius 2 is 2.04 bits per heavy atom. The number of nitrogens with zero attached hydrogens (tertiary/aromatic N) is 3. The number of amides is 1. The molecule has 0 bridgehead atoms. The average molecular weight is 359 g/mol. The first-order valence-electron chi connectivity index (χ1n) is 8.31. The first-order chi connectivity index (χ1) is 12.5. The summed E-state index contributed by atoms with van der Waals surface area (Å²) >= 11 is 0. The SMILES string of the molecule is COc1cccc(C(=O)N2CCn3nc(CCC(=O)O)cc3C2)c1OC. The van der Waals surface area contributed by atoms with Crippen LogP contribution in [-0.4, -0.2) is 52.4 Å². The topological polar surface area (TPSA) is 93.9 Å². The molecule has 8 nitrogen and oxygen atoms in total. The van der Waals surface area contributed by atoms with Crippen molar-refractivity contribution in [3.05, 3.63) is 41.2 Å². The normalized spacial score (nSPS) is 13.2. The van der Waals surface area contributed by atoms with E-state index in [1.54, 1.807) is 23.1 Å². The minimum Gasteiger partial charge on any atom is -0.493 e. The fourth-order valence-electron chi connectivity index (χ4n) is 3.08. The molecule has 0 radical (unpaired) electrons. The molecular weight excluding hydrogens is 338 g/mol. The Hall–Kier alpha value is -3.03. The van der Waals surface area contributed by atoms with Crippen molar-refractivity contribution in [1.82, 2.24) is 14.7 Å². The van der Waals surface area contributed by atoms with Crippen LogP contribution in [0.3, 0.4) is 0 Å². The molecule has 1 aromatic heterocycles. The van der Waals surface area contributed by atoms with E-state index in [0.717, 1.165) is 11.4 Å². The standard InChI is InChI=1S/C18H21N3O5/c1-25-15-5-3-4-14(17(15)26-2)18(24)20-8-9-21-13(11-20)10-12(19-21)6-7-16(22)23/h3-5,10H,6-9,11H2,1-2H3,(H,22,23). The van der Waals surface area contributed by atoms with Crippen molar-refractivity contribution in [2.75, 3.05) is 20.8 Å². The molecule has 26 heavy (non-hydrogen) atoms. The highest BCUT2D eigenvalue weighted by atomic mass is 16.5. The Bertz CT molecular complexity index is 830. The molecule has 0 unspecified atom stereocenters. The summed E-state index contributed by atoms with van der Waals surface area (Å²) in [5.41, 5.74) is 2.08. The molecule has 1 amide bonds. The highest BCUT2D eigenvalue weighted by Crippen LogP contribution is 2.32. The molecule has 0 fully saturated rings. The van der Waals surface area contributed by atoms with E-state index in [1.165, 1.54) is 14.2 Å². The van der Waals surface area contributed by atoms with Gasteiger partial charge >= 0.3 is 5.97 Å². The molecule has 0 spiro atoms. The van der Waals surface area contributed by atoms with Crippen LogP contribution in [0.25, 0.3) is 0 Å². The maximum Gasteiger partial charge on any atom is 0.303 e. The number of aromatic nitrogens is 2. The van der Waals surface area contributed by atoms with Crippen molar-refractivity contribution >= 4 is 11.9 Å². The first kappa shape index (κ1) is 17.8. The summed E-state index contributed by atoms with van der Waals surface area (Å²) in [5, 5.41) is 13.2. The predicted molar refractivity (Wildman–Crippen MR) is 92.5 cm³/mol. The Balaban J connectivity index is 1.78. The fourth-order valence-corrected chi connectivity index (χ4v) is 3.08. The van der Waals surface area contributed by atoms with E-state index in [4.69, 9.17) is 14.6 Å². The van der Waals surface area contributed by atoms with Crippen molar-refractivity contribution in [3.63, 3.8) is 0 Å². The summed E-state index contributed by atoms with van der Waals surface area (Å²) in [6.07, 6.45) is 0.424. The van der Waals surface area contributed by atoms with Gasteiger partial charge in [0.1, 0.15) is 0 Å². The molecule has 1 aliphatic rings. The Kier molecular flexibility index (Phi) is 5.11. The zero-order valence-corrected chi connectivity index (χ0v) is 14.8. The van der Waals surface area contributed by atoms with Gasteiger partial charge < -0.3 is 19.5 Å². The first-order valence-corrected chi connectivity index (χ1v) is 8.31. The Morgan fingerprint density at radius 1 is 1.23 bits per heavy atom. The van der Waals surface area contributed by atoms with Crippen molar-refractivity contribution in [1.29, 1.82) is 0 Å². The lowest BCUT2D eigenvalue weighted by Gasteiger charge is -2.28. The lowest BCUT2D eigenvalue weighted by molar-refractivity contribution is -0.136. The molecule has 0 aliphatic carbocycles. The van der Waals surface area contributed by atoms with Gasteiger partial charge in [0.25, 0.3) is 5.91 Å². The molecule has 1 aliphatic heterocycles. The third-order valence-corrected chi connectivity index (χ3v) is 4.36. The monoisotopic (exact) mass is 359 g/mol. The number of carbonyl (C=O) groups excluding carboxylic acids is 1. The minimum atomic E-state index is -0.849. The summed E-state index contributed by atoms with van der Waals surface area (Å²) in [4.78, 5) is 25.4. The molecule has 138 valence electrons. The summed E-state index contributed by atoms with van der Waals surface area (Å²) in [5.74, 6) is -0.0595. The molecule has 0 saturated carbocycles. The molecule has 8 heteroatoms. The number of aryl methyl sites for hydroxylation is 1. The Labute approximate surface area is 150 Å². The summed E-state index contributed by atoms with van der Waals surface area (Å²) in [6, 6.07) is 7.08. The molecule has 0 atom stereocenters. The second-order valence-corrected chi connectivity index (χ2v) is 6.01. The predicted octanol–water partition coefficient (Wildman–Crippen LogP) is 1.57. The van der Waals surface area contributed by atoms with Gasteiger partial charge in [-0.3, -0.25) is 14.3 Å². The average Bonchev–Trinajstić information content (AvgIpc) is 3.07. The number of aliphatic carboxylic acids is 1. The van der Waals surface area contributed by atoms with E-state index in [2.05, 4.69) is 5.10 Å². The minimum absolute atomic E-state index is 0.0418. The number of carboxylic acids is 1. The number of rotatable bonds is 6. The van der Waals surface area contributed by atoms with Gasteiger partial charge in [-0.25, -0.2) is 0 Å². The second kappa shape index (κ2) is 7.47. The highest BCUT2D eigenvalue weighted by molar-refractivity contribution is 5.97. The van der Waals surface area contributed by atoms with Gasteiger partial charge in [0.05, 0.1) is 50.7 Å². The highest BCUT2D eigenvalue weighted by Gasteiger charge is 2.26. The third kappa shape index (κ3) is 3.49. The number of carbonyl (C=O) groups is 2.